The van der Waals surface area contributed by atoms with Crippen LogP contribution < -0.4 is 10.6 Å². The minimum atomic E-state index is -1.74. The van der Waals surface area contributed by atoms with Gasteiger partial charge in [-0.15, -0.1) is 0 Å². The number of urea groups is 1. The fourth-order valence-electron chi connectivity index (χ4n) is 2.85. The molecule has 1 atom stereocenters. The van der Waals surface area contributed by atoms with Gasteiger partial charge in [-0.25, -0.2) is 18.0 Å². The first-order chi connectivity index (χ1) is 13.1. The van der Waals surface area contributed by atoms with Crippen molar-refractivity contribution in [2.45, 2.75) is 12.5 Å². The van der Waals surface area contributed by atoms with Crippen molar-refractivity contribution in [1.82, 2.24) is 10.2 Å². The number of imide groups is 1. The molecule has 1 fully saturated rings. The van der Waals surface area contributed by atoms with E-state index < -0.39 is 53.1 Å². The fourth-order valence-corrected chi connectivity index (χ4v) is 3.53. The highest BCUT2D eigenvalue weighted by Crippen LogP contribution is 2.33. The van der Waals surface area contributed by atoms with Gasteiger partial charge in [0.1, 0.15) is 12.1 Å². The van der Waals surface area contributed by atoms with Gasteiger partial charge in [-0.1, -0.05) is 34.1 Å². The SMILES string of the molecule is CC1(c2ccccc2Br)NC(=O)N(CC(=O)Nc2ccc(F)c(F)c2F)C1=O. The number of nitrogens with zero attached hydrogens (tertiary/aromatic N) is 1. The van der Waals surface area contributed by atoms with Crippen molar-refractivity contribution in [1.29, 1.82) is 0 Å². The van der Waals surface area contributed by atoms with Crippen molar-refractivity contribution in [3.8, 4) is 0 Å². The molecule has 10 heteroatoms. The minimum Gasteiger partial charge on any atom is -0.322 e. The Morgan fingerprint density at radius 3 is 2.50 bits per heavy atom. The van der Waals surface area contributed by atoms with Gasteiger partial charge in [0.2, 0.25) is 5.91 Å². The van der Waals surface area contributed by atoms with Gasteiger partial charge in [-0.05, 0) is 25.1 Å². The molecule has 0 radical (unpaired) electrons. The molecule has 3 rings (SSSR count). The molecule has 2 N–H and O–H groups in total. The first kappa shape index (κ1) is 19.9. The molecule has 6 nitrogen and oxygen atoms in total. The molecule has 0 aliphatic carbocycles. The van der Waals surface area contributed by atoms with E-state index in [9.17, 15) is 27.6 Å². The number of anilines is 1. The lowest BCUT2D eigenvalue weighted by atomic mass is 9.92. The molecule has 146 valence electrons. The summed E-state index contributed by atoms with van der Waals surface area (Å²) >= 11 is 3.32. The van der Waals surface area contributed by atoms with Crippen molar-refractivity contribution in [3.05, 3.63) is 63.9 Å². The molecule has 1 unspecified atom stereocenters. The van der Waals surface area contributed by atoms with Crippen LogP contribution in [0.1, 0.15) is 12.5 Å². The van der Waals surface area contributed by atoms with Crippen molar-refractivity contribution in [2.24, 2.45) is 0 Å². The molecule has 1 saturated heterocycles. The maximum Gasteiger partial charge on any atom is 0.325 e. The summed E-state index contributed by atoms with van der Waals surface area (Å²) in [6.07, 6.45) is 0. The first-order valence-electron chi connectivity index (χ1n) is 7.97. The van der Waals surface area contributed by atoms with Crippen LogP contribution in [0.4, 0.5) is 23.7 Å². The van der Waals surface area contributed by atoms with Gasteiger partial charge in [0, 0.05) is 10.0 Å². The Bertz CT molecular complexity index is 1000. The van der Waals surface area contributed by atoms with E-state index in [2.05, 4.69) is 21.2 Å². The molecule has 28 heavy (non-hydrogen) atoms. The van der Waals surface area contributed by atoms with E-state index in [1.807, 2.05) is 5.32 Å². The molecule has 4 amide bonds. The van der Waals surface area contributed by atoms with Crippen LogP contribution in [0, 0.1) is 17.5 Å². The largest absolute Gasteiger partial charge is 0.325 e. The van der Waals surface area contributed by atoms with Crippen LogP contribution in [0.3, 0.4) is 0 Å². The van der Waals surface area contributed by atoms with Crippen LogP contribution >= 0.6 is 15.9 Å². The smallest absolute Gasteiger partial charge is 0.322 e. The monoisotopic (exact) mass is 455 g/mol. The molecule has 2 aromatic carbocycles. The molecule has 0 bridgehead atoms. The maximum atomic E-state index is 13.7. The van der Waals surface area contributed by atoms with E-state index in [-0.39, 0.29) is 0 Å². The van der Waals surface area contributed by atoms with Crippen molar-refractivity contribution in [3.63, 3.8) is 0 Å². The molecule has 1 heterocycles. The minimum absolute atomic E-state index is 0.489. The number of carbonyl (C=O) groups is 3. The highest BCUT2D eigenvalue weighted by Gasteiger charge is 2.50. The summed E-state index contributed by atoms with van der Waals surface area (Å²) in [5, 5.41) is 4.55. The van der Waals surface area contributed by atoms with Gasteiger partial charge < -0.3 is 10.6 Å². The summed E-state index contributed by atoms with van der Waals surface area (Å²) < 4.78 is 40.5. The standard InChI is InChI=1S/C18H13BrF3N3O3/c1-18(9-4-2-3-5-10(9)19)16(27)25(17(28)24-18)8-13(26)23-12-7-6-11(20)14(21)15(12)22/h2-7H,8H2,1H3,(H,23,26)(H,24,28). The third-order valence-electron chi connectivity index (χ3n) is 4.30. The van der Waals surface area contributed by atoms with Gasteiger partial charge in [-0.3, -0.25) is 14.5 Å². The van der Waals surface area contributed by atoms with E-state index >= 15 is 0 Å². The van der Waals surface area contributed by atoms with E-state index in [0.717, 1.165) is 6.07 Å². The van der Waals surface area contributed by atoms with Gasteiger partial charge in [-0.2, -0.15) is 0 Å². The van der Waals surface area contributed by atoms with Crippen LogP contribution in [-0.2, 0) is 15.1 Å². The van der Waals surface area contributed by atoms with Crippen LogP contribution in [0.2, 0.25) is 0 Å². The average molecular weight is 456 g/mol. The van der Waals surface area contributed by atoms with E-state index in [0.29, 0.717) is 21.0 Å². The first-order valence-corrected chi connectivity index (χ1v) is 8.77. The van der Waals surface area contributed by atoms with Crippen LogP contribution in [0.25, 0.3) is 0 Å². The summed E-state index contributed by atoms with van der Waals surface area (Å²) in [5.74, 6) is -6.37. The number of hydrogen-bond acceptors (Lipinski definition) is 3. The third-order valence-corrected chi connectivity index (χ3v) is 4.99. The van der Waals surface area contributed by atoms with Gasteiger partial charge in [0.05, 0.1) is 5.69 Å². The highest BCUT2D eigenvalue weighted by atomic mass is 79.9. The molecule has 0 aromatic heterocycles. The number of nitrogens with one attached hydrogen (secondary N) is 2. The van der Waals surface area contributed by atoms with Crippen molar-refractivity contribution >= 4 is 39.5 Å². The van der Waals surface area contributed by atoms with Crippen LogP contribution in [0.15, 0.2) is 40.9 Å². The van der Waals surface area contributed by atoms with Gasteiger partial charge >= 0.3 is 6.03 Å². The number of halogens is 4. The molecule has 2 aromatic rings. The molecule has 0 saturated carbocycles. The van der Waals surface area contributed by atoms with Gasteiger partial charge in [0.15, 0.2) is 17.5 Å². The summed E-state index contributed by atoms with van der Waals surface area (Å²) in [6.45, 7) is 0.753. The molecule has 1 aliphatic heterocycles. The second-order valence-corrected chi connectivity index (χ2v) is 7.05. The van der Waals surface area contributed by atoms with Crippen LogP contribution in [-0.4, -0.2) is 29.3 Å². The van der Waals surface area contributed by atoms with E-state index in [1.165, 1.54) is 6.92 Å². The normalized spacial score (nSPS) is 19.0. The lowest BCUT2D eigenvalue weighted by Gasteiger charge is -2.23. The zero-order valence-corrected chi connectivity index (χ0v) is 15.9. The lowest BCUT2D eigenvalue weighted by molar-refractivity contribution is -0.133. The predicted octanol–water partition coefficient (Wildman–Crippen LogP) is 3.27. The van der Waals surface area contributed by atoms with E-state index in [4.69, 9.17) is 0 Å². The predicted molar refractivity (Wildman–Crippen MR) is 96.7 cm³/mol. The second kappa shape index (κ2) is 7.27. The number of hydrogen-bond donors (Lipinski definition) is 2. The Labute approximate surface area is 165 Å². The van der Waals surface area contributed by atoms with E-state index in [1.54, 1.807) is 24.3 Å². The fraction of sp³-hybridized carbons (Fsp3) is 0.167. The quantitative estimate of drug-likeness (QED) is 0.548. The van der Waals surface area contributed by atoms with Crippen molar-refractivity contribution in [2.75, 3.05) is 11.9 Å². The Morgan fingerprint density at radius 1 is 1.14 bits per heavy atom. The number of benzene rings is 2. The van der Waals surface area contributed by atoms with Crippen molar-refractivity contribution < 1.29 is 27.6 Å². The Morgan fingerprint density at radius 2 is 1.82 bits per heavy atom. The maximum absolute atomic E-state index is 13.7. The zero-order valence-electron chi connectivity index (χ0n) is 14.4. The second-order valence-electron chi connectivity index (χ2n) is 6.20. The summed E-state index contributed by atoms with van der Waals surface area (Å²) in [7, 11) is 0. The Hall–Kier alpha value is -2.88. The Balaban J connectivity index is 1.79. The van der Waals surface area contributed by atoms with Crippen LogP contribution in [0.5, 0.6) is 0 Å². The third kappa shape index (κ3) is 3.35. The lowest BCUT2D eigenvalue weighted by Crippen LogP contribution is -2.42. The Kier molecular flexibility index (Phi) is 5.16. The molecular weight excluding hydrogens is 443 g/mol. The number of rotatable bonds is 4. The molecule has 1 aliphatic rings. The molecular formula is C18H13BrF3N3O3. The summed E-state index contributed by atoms with van der Waals surface area (Å²) in [4.78, 5) is 37.9. The summed E-state index contributed by atoms with van der Waals surface area (Å²) in [5.41, 5.74) is -1.53. The topological polar surface area (TPSA) is 78.5 Å². The number of carbonyl (C=O) groups excluding carboxylic acids is 3. The highest BCUT2D eigenvalue weighted by molar-refractivity contribution is 9.10. The average Bonchev–Trinajstić information content (AvgIpc) is 2.86. The molecule has 0 spiro atoms. The van der Waals surface area contributed by atoms with Gasteiger partial charge in [0.25, 0.3) is 5.91 Å². The number of amides is 4. The zero-order chi connectivity index (χ0) is 20.6. The summed E-state index contributed by atoms with van der Waals surface area (Å²) in [6, 6.07) is 7.42.